The van der Waals surface area contributed by atoms with Crippen LogP contribution in [0.25, 0.3) is 0 Å². The van der Waals surface area contributed by atoms with E-state index < -0.39 is 0 Å². The van der Waals surface area contributed by atoms with Crippen LogP contribution in [-0.4, -0.2) is 11.6 Å². The number of nitrogens with zero attached hydrogens (tertiary/aromatic N) is 2. The van der Waals surface area contributed by atoms with E-state index in [-0.39, 0.29) is 11.8 Å². The molecule has 1 unspecified atom stereocenters. The monoisotopic (exact) mass is 200 g/mol. The highest BCUT2D eigenvalue weighted by atomic mass is 16.2. The molecule has 0 saturated carbocycles. The van der Waals surface area contributed by atoms with Crippen molar-refractivity contribution in [2.75, 3.05) is 5.01 Å². The largest absolute Gasteiger partial charge is 0.271 e. The highest BCUT2D eigenvalue weighted by Crippen LogP contribution is 2.23. The van der Waals surface area contributed by atoms with Crippen LogP contribution in [0.5, 0.6) is 0 Å². The fourth-order valence-electron chi connectivity index (χ4n) is 1.61. The summed E-state index contributed by atoms with van der Waals surface area (Å²) in [7, 11) is 0. The third-order valence-corrected chi connectivity index (χ3v) is 2.42. The van der Waals surface area contributed by atoms with E-state index in [1.165, 1.54) is 5.01 Å². The molecule has 1 aliphatic heterocycles. The number of benzene rings is 1. The highest BCUT2D eigenvalue weighted by Gasteiger charge is 2.31. The van der Waals surface area contributed by atoms with Gasteiger partial charge in [0.2, 0.25) is 0 Å². The summed E-state index contributed by atoms with van der Waals surface area (Å²) in [4.78, 5) is 11.9. The minimum absolute atomic E-state index is 0.0336. The van der Waals surface area contributed by atoms with E-state index in [4.69, 9.17) is 0 Å². The Morgan fingerprint density at radius 3 is 2.60 bits per heavy atom. The molecule has 0 fully saturated rings. The van der Waals surface area contributed by atoms with E-state index in [1.54, 1.807) is 6.08 Å². The van der Waals surface area contributed by atoms with Crippen LogP contribution in [0.4, 0.5) is 5.69 Å². The van der Waals surface area contributed by atoms with Crippen molar-refractivity contribution in [3.05, 3.63) is 43.0 Å². The molecule has 1 aliphatic rings. The summed E-state index contributed by atoms with van der Waals surface area (Å²) in [5.74, 6) is -0.307. The van der Waals surface area contributed by atoms with Crippen molar-refractivity contribution >= 4 is 17.3 Å². The molecule has 1 aromatic rings. The number of amides is 1. The number of carbonyl (C=O) groups excluding carboxylic acids is 1. The lowest BCUT2D eigenvalue weighted by atomic mass is 10.1. The molecular formula is C12H12N2O. The topological polar surface area (TPSA) is 32.7 Å². The smallest absolute Gasteiger partial charge is 0.260 e. The maximum absolute atomic E-state index is 11.9. The molecule has 0 bridgehead atoms. The molecule has 1 amide bonds. The number of rotatable bonds is 2. The minimum atomic E-state index is -0.273. The molecule has 0 aliphatic carbocycles. The molecule has 76 valence electrons. The normalized spacial score (nSPS) is 20.3. The number of hydrogen-bond acceptors (Lipinski definition) is 2. The van der Waals surface area contributed by atoms with Crippen LogP contribution in [0.3, 0.4) is 0 Å². The second-order valence-electron chi connectivity index (χ2n) is 3.44. The molecule has 0 saturated heterocycles. The van der Waals surface area contributed by atoms with Crippen molar-refractivity contribution in [2.24, 2.45) is 11.0 Å². The third kappa shape index (κ3) is 1.56. The average Bonchev–Trinajstić information content (AvgIpc) is 2.55. The van der Waals surface area contributed by atoms with Gasteiger partial charge in [0, 0.05) is 0 Å². The molecule has 1 atom stereocenters. The maximum Gasteiger partial charge on any atom is 0.260 e. The van der Waals surface area contributed by atoms with Gasteiger partial charge in [-0.25, -0.2) is 0 Å². The molecule has 0 N–H and O–H groups in total. The Balaban J connectivity index is 2.35. The minimum Gasteiger partial charge on any atom is -0.271 e. The number of hydrogen-bond donors (Lipinski definition) is 0. The Hall–Kier alpha value is -1.90. The predicted octanol–water partition coefficient (Wildman–Crippen LogP) is 2.21. The fraction of sp³-hybridized carbons (Fsp3) is 0.167. The molecule has 15 heavy (non-hydrogen) atoms. The first-order valence-electron chi connectivity index (χ1n) is 4.80. The van der Waals surface area contributed by atoms with Crippen LogP contribution in [0, 0.1) is 5.92 Å². The van der Waals surface area contributed by atoms with Crippen LogP contribution >= 0.6 is 0 Å². The van der Waals surface area contributed by atoms with Crippen LogP contribution in [-0.2, 0) is 4.79 Å². The van der Waals surface area contributed by atoms with Gasteiger partial charge in [0.15, 0.2) is 0 Å². The van der Waals surface area contributed by atoms with Gasteiger partial charge in [-0.2, -0.15) is 10.1 Å². The Labute approximate surface area is 88.7 Å². The molecule has 1 aromatic carbocycles. The number of para-hydroxylation sites is 1. The lowest BCUT2D eigenvalue weighted by molar-refractivity contribution is -0.118. The van der Waals surface area contributed by atoms with Crippen molar-refractivity contribution in [1.29, 1.82) is 0 Å². The molecule has 0 aromatic heterocycles. The summed E-state index contributed by atoms with van der Waals surface area (Å²) in [5.41, 5.74) is 1.59. The number of anilines is 1. The van der Waals surface area contributed by atoms with Crippen molar-refractivity contribution < 1.29 is 4.79 Å². The third-order valence-electron chi connectivity index (χ3n) is 2.42. The van der Waals surface area contributed by atoms with Gasteiger partial charge in [0.05, 0.1) is 17.3 Å². The summed E-state index contributed by atoms with van der Waals surface area (Å²) >= 11 is 0. The van der Waals surface area contributed by atoms with Crippen LogP contribution < -0.4 is 5.01 Å². The van der Waals surface area contributed by atoms with Crippen molar-refractivity contribution in [3.63, 3.8) is 0 Å². The van der Waals surface area contributed by atoms with Crippen molar-refractivity contribution in [3.8, 4) is 0 Å². The zero-order chi connectivity index (χ0) is 10.8. The summed E-state index contributed by atoms with van der Waals surface area (Å²) in [6, 6.07) is 9.40. The molecule has 2 rings (SSSR count). The van der Waals surface area contributed by atoms with Gasteiger partial charge in [-0.1, -0.05) is 24.3 Å². The van der Waals surface area contributed by atoms with E-state index in [2.05, 4.69) is 11.7 Å². The fourth-order valence-corrected chi connectivity index (χ4v) is 1.61. The Bertz CT molecular complexity index is 423. The zero-order valence-electron chi connectivity index (χ0n) is 8.55. The first-order chi connectivity index (χ1) is 7.24. The lowest BCUT2D eigenvalue weighted by Crippen LogP contribution is -2.25. The molecule has 1 heterocycles. The second-order valence-corrected chi connectivity index (χ2v) is 3.44. The molecule has 0 radical (unpaired) electrons. The number of carbonyl (C=O) groups is 1. The Morgan fingerprint density at radius 2 is 2.07 bits per heavy atom. The van der Waals surface area contributed by atoms with Gasteiger partial charge >= 0.3 is 0 Å². The molecule has 3 heteroatoms. The average molecular weight is 200 g/mol. The van der Waals surface area contributed by atoms with Crippen LogP contribution in [0.15, 0.2) is 48.1 Å². The summed E-state index contributed by atoms with van der Waals surface area (Å²) in [5, 5.41) is 5.65. The van der Waals surface area contributed by atoms with E-state index >= 15 is 0 Å². The lowest BCUT2D eigenvalue weighted by Gasteiger charge is -2.12. The standard InChI is InChI=1S/C12H12N2O/c1-3-11-9(2)13-14(12(11)15)10-7-5-4-6-8-10/h3-8,11H,1H2,2H3. The maximum atomic E-state index is 11.9. The van der Waals surface area contributed by atoms with E-state index in [0.29, 0.717) is 0 Å². The van der Waals surface area contributed by atoms with Gasteiger partial charge in [-0.15, -0.1) is 6.58 Å². The van der Waals surface area contributed by atoms with Crippen molar-refractivity contribution in [1.82, 2.24) is 0 Å². The second kappa shape index (κ2) is 3.69. The van der Waals surface area contributed by atoms with Crippen LogP contribution in [0.2, 0.25) is 0 Å². The number of hydrazone groups is 1. The van der Waals surface area contributed by atoms with Gasteiger partial charge in [-0.05, 0) is 19.1 Å². The molecule has 0 spiro atoms. The quantitative estimate of drug-likeness (QED) is 0.674. The molecular weight excluding hydrogens is 188 g/mol. The predicted molar refractivity (Wildman–Crippen MR) is 60.7 cm³/mol. The Morgan fingerprint density at radius 1 is 1.40 bits per heavy atom. The molecule has 3 nitrogen and oxygen atoms in total. The summed E-state index contributed by atoms with van der Waals surface area (Å²) < 4.78 is 0. The van der Waals surface area contributed by atoms with Gasteiger partial charge in [-0.3, -0.25) is 4.79 Å². The summed E-state index contributed by atoms with van der Waals surface area (Å²) in [6.45, 7) is 5.48. The first-order valence-corrected chi connectivity index (χ1v) is 4.80. The highest BCUT2D eigenvalue weighted by molar-refractivity contribution is 6.16. The van der Waals surface area contributed by atoms with E-state index in [1.807, 2.05) is 37.3 Å². The van der Waals surface area contributed by atoms with E-state index in [0.717, 1.165) is 11.4 Å². The van der Waals surface area contributed by atoms with Gasteiger partial charge in [0.25, 0.3) is 5.91 Å². The SMILES string of the molecule is C=CC1C(=O)N(c2ccccc2)N=C1C. The van der Waals surface area contributed by atoms with Gasteiger partial charge < -0.3 is 0 Å². The Kier molecular flexibility index (Phi) is 2.37. The zero-order valence-corrected chi connectivity index (χ0v) is 8.55. The first kappa shape index (κ1) is 9.65. The van der Waals surface area contributed by atoms with E-state index in [9.17, 15) is 4.79 Å². The summed E-state index contributed by atoms with van der Waals surface area (Å²) in [6.07, 6.45) is 1.63. The van der Waals surface area contributed by atoms with Crippen molar-refractivity contribution in [2.45, 2.75) is 6.92 Å². The van der Waals surface area contributed by atoms with Gasteiger partial charge in [0.1, 0.15) is 0 Å². The van der Waals surface area contributed by atoms with Crippen LogP contribution in [0.1, 0.15) is 6.92 Å².